The van der Waals surface area contributed by atoms with Crippen LogP contribution in [0.2, 0.25) is 0 Å². The molecular formula is C20H30O4. The molecule has 0 saturated heterocycles. The van der Waals surface area contributed by atoms with Gasteiger partial charge in [0.05, 0.1) is 6.10 Å². The number of aliphatic hydroxyl groups is 1. The summed E-state index contributed by atoms with van der Waals surface area (Å²) in [6.07, 6.45) is 16.0. The third kappa shape index (κ3) is 8.25. The molecule has 0 bridgehead atoms. The van der Waals surface area contributed by atoms with Crippen LogP contribution < -0.4 is 0 Å². The van der Waals surface area contributed by atoms with Gasteiger partial charge in [0.1, 0.15) is 0 Å². The van der Waals surface area contributed by atoms with E-state index in [0.29, 0.717) is 12.8 Å². The number of hydrogen-bond acceptors (Lipinski definition) is 3. The van der Waals surface area contributed by atoms with Crippen LogP contribution in [0.4, 0.5) is 0 Å². The Morgan fingerprint density at radius 3 is 2.79 bits per heavy atom. The van der Waals surface area contributed by atoms with Crippen molar-refractivity contribution < 1.29 is 19.8 Å². The Bertz CT molecular complexity index is 488. The summed E-state index contributed by atoms with van der Waals surface area (Å²) in [6.45, 7) is 2.14. The number of carboxylic acid groups (broad SMARTS) is 1. The minimum absolute atomic E-state index is 0.0417. The Hall–Kier alpha value is -1.68. The fourth-order valence-corrected chi connectivity index (χ4v) is 2.79. The van der Waals surface area contributed by atoms with Gasteiger partial charge >= 0.3 is 5.97 Å². The highest BCUT2D eigenvalue weighted by Gasteiger charge is 2.21. The summed E-state index contributed by atoms with van der Waals surface area (Å²) >= 11 is 0. The van der Waals surface area contributed by atoms with Crippen LogP contribution in [-0.4, -0.2) is 28.1 Å². The van der Waals surface area contributed by atoms with Gasteiger partial charge in [-0.3, -0.25) is 9.59 Å². The summed E-state index contributed by atoms with van der Waals surface area (Å²) in [4.78, 5) is 22.4. The summed E-state index contributed by atoms with van der Waals surface area (Å²) in [5.41, 5.74) is 0.778. The minimum Gasteiger partial charge on any atom is -0.481 e. The Morgan fingerprint density at radius 1 is 1.29 bits per heavy atom. The van der Waals surface area contributed by atoms with Gasteiger partial charge in [-0.05, 0) is 38.2 Å². The molecule has 4 nitrogen and oxygen atoms in total. The summed E-state index contributed by atoms with van der Waals surface area (Å²) < 4.78 is 0. The molecule has 0 radical (unpaired) electrons. The quantitative estimate of drug-likeness (QED) is 0.319. The van der Waals surface area contributed by atoms with Gasteiger partial charge in [0.2, 0.25) is 0 Å². The van der Waals surface area contributed by atoms with Crippen LogP contribution in [0.5, 0.6) is 0 Å². The van der Waals surface area contributed by atoms with Crippen molar-refractivity contribution in [2.75, 3.05) is 0 Å². The lowest BCUT2D eigenvalue weighted by molar-refractivity contribution is -0.137. The number of rotatable bonds is 12. The molecule has 24 heavy (non-hydrogen) atoms. The van der Waals surface area contributed by atoms with E-state index < -0.39 is 5.97 Å². The highest BCUT2D eigenvalue weighted by Crippen LogP contribution is 2.26. The number of unbranched alkanes of at least 4 members (excludes halogenated alkanes) is 3. The van der Waals surface area contributed by atoms with E-state index >= 15 is 0 Å². The molecule has 1 aliphatic carbocycles. The molecule has 2 N–H and O–H groups in total. The predicted molar refractivity (Wildman–Crippen MR) is 95.7 cm³/mol. The van der Waals surface area contributed by atoms with Crippen LogP contribution in [0.1, 0.15) is 64.7 Å². The fraction of sp³-hybridized carbons (Fsp3) is 0.600. The zero-order chi connectivity index (χ0) is 17.8. The van der Waals surface area contributed by atoms with Gasteiger partial charge in [0.25, 0.3) is 0 Å². The molecule has 0 aromatic rings. The van der Waals surface area contributed by atoms with Crippen LogP contribution in [0.15, 0.2) is 36.0 Å². The van der Waals surface area contributed by atoms with E-state index in [1.54, 1.807) is 6.08 Å². The molecule has 0 saturated carbocycles. The zero-order valence-electron chi connectivity index (χ0n) is 14.6. The molecule has 1 rings (SSSR count). The second-order valence-electron chi connectivity index (χ2n) is 6.37. The van der Waals surface area contributed by atoms with Gasteiger partial charge in [0, 0.05) is 17.9 Å². The summed E-state index contributed by atoms with van der Waals surface area (Å²) in [7, 11) is 0. The molecule has 1 aliphatic rings. The Morgan fingerprint density at radius 2 is 2.08 bits per heavy atom. The number of carboxylic acids is 1. The maximum absolute atomic E-state index is 11.9. The number of aliphatic carboxylic acids is 1. The zero-order valence-corrected chi connectivity index (χ0v) is 14.6. The molecule has 2 atom stereocenters. The van der Waals surface area contributed by atoms with Gasteiger partial charge in [-0.15, -0.1) is 0 Å². The molecule has 0 heterocycles. The molecule has 0 aromatic heterocycles. The topological polar surface area (TPSA) is 74.6 Å². The van der Waals surface area contributed by atoms with Crippen molar-refractivity contribution >= 4 is 11.8 Å². The number of hydrogen-bond donors (Lipinski definition) is 2. The van der Waals surface area contributed by atoms with Crippen LogP contribution in [0, 0.1) is 5.92 Å². The molecule has 0 aromatic carbocycles. The second-order valence-corrected chi connectivity index (χ2v) is 6.37. The third-order valence-corrected chi connectivity index (χ3v) is 4.23. The molecular weight excluding hydrogens is 304 g/mol. The molecule has 0 fully saturated rings. The van der Waals surface area contributed by atoms with Crippen molar-refractivity contribution in [3.05, 3.63) is 36.0 Å². The molecule has 0 spiro atoms. The highest BCUT2D eigenvalue weighted by atomic mass is 16.4. The predicted octanol–water partition coefficient (Wildman–Crippen LogP) is 4.20. The van der Waals surface area contributed by atoms with Crippen molar-refractivity contribution in [2.24, 2.45) is 5.92 Å². The largest absolute Gasteiger partial charge is 0.481 e. The molecule has 0 aliphatic heterocycles. The monoisotopic (exact) mass is 334 g/mol. The standard InChI is InChI=1S/C20H30O4/c1-2-3-6-10-17(21)13-14-18-16(12-15-19(18)22)9-7-4-5-8-11-20(23)24/h4,7,12,14-17,21H,2-3,5-6,8-11,13H2,1H3,(H,23,24)/t16-,17?/m0/s1. The lowest BCUT2D eigenvalue weighted by atomic mass is 9.95. The number of allylic oxidation sites excluding steroid dienone is 5. The lowest BCUT2D eigenvalue weighted by Crippen LogP contribution is -2.08. The summed E-state index contributed by atoms with van der Waals surface area (Å²) in [5.74, 6) is -0.647. The first-order valence-corrected chi connectivity index (χ1v) is 9.02. The van der Waals surface area contributed by atoms with E-state index in [4.69, 9.17) is 5.11 Å². The molecule has 1 unspecified atom stereocenters. The first-order chi connectivity index (χ1) is 11.5. The third-order valence-electron chi connectivity index (χ3n) is 4.23. The molecule has 0 amide bonds. The highest BCUT2D eigenvalue weighted by molar-refractivity contribution is 6.07. The van der Waals surface area contributed by atoms with Gasteiger partial charge < -0.3 is 10.2 Å². The van der Waals surface area contributed by atoms with Gasteiger partial charge in [0.15, 0.2) is 5.78 Å². The van der Waals surface area contributed by atoms with Gasteiger partial charge in [-0.25, -0.2) is 0 Å². The minimum atomic E-state index is -0.768. The maximum Gasteiger partial charge on any atom is 0.303 e. The van der Waals surface area contributed by atoms with E-state index in [1.807, 2.05) is 24.3 Å². The molecule has 134 valence electrons. The average molecular weight is 334 g/mol. The Kier molecular flexibility index (Phi) is 10.0. The second kappa shape index (κ2) is 11.8. The molecule has 4 heteroatoms. The first kappa shape index (κ1) is 20.4. The normalized spacial score (nSPS) is 20.3. The fourth-order valence-electron chi connectivity index (χ4n) is 2.79. The van der Waals surface area contributed by atoms with E-state index in [2.05, 4.69) is 6.92 Å². The van der Waals surface area contributed by atoms with Crippen molar-refractivity contribution in [2.45, 2.75) is 70.8 Å². The van der Waals surface area contributed by atoms with E-state index in [9.17, 15) is 14.7 Å². The summed E-state index contributed by atoms with van der Waals surface area (Å²) in [5, 5.41) is 18.6. The van der Waals surface area contributed by atoms with Gasteiger partial charge in [-0.2, -0.15) is 0 Å². The van der Waals surface area contributed by atoms with Crippen molar-refractivity contribution in [1.29, 1.82) is 0 Å². The van der Waals surface area contributed by atoms with Crippen LogP contribution in [-0.2, 0) is 9.59 Å². The summed E-state index contributed by atoms with van der Waals surface area (Å²) in [6, 6.07) is 0. The number of carbonyl (C=O) groups is 2. The van der Waals surface area contributed by atoms with Crippen molar-refractivity contribution in [1.82, 2.24) is 0 Å². The number of ketones is 1. The van der Waals surface area contributed by atoms with Crippen LogP contribution >= 0.6 is 0 Å². The van der Waals surface area contributed by atoms with Crippen molar-refractivity contribution in [3.8, 4) is 0 Å². The SMILES string of the molecule is CCCCCC(O)CC=C1C(=O)C=C[C@@H]1CC=CCCCC(=O)O. The Labute approximate surface area is 145 Å². The smallest absolute Gasteiger partial charge is 0.303 e. The van der Waals surface area contributed by atoms with Crippen molar-refractivity contribution in [3.63, 3.8) is 0 Å². The lowest BCUT2D eigenvalue weighted by Gasteiger charge is -2.11. The van der Waals surface area contributed by atoms with E-state index in [-0.39, 0.29) is 24.2 Å². The van der Waals surface area contributed by atoms with E-state index in [0.717, 1.165) is 44.1 Å². The average Bonchev–Trinajstić information content (AvgIpc) is 2.89. The maximum atomic E-state index is 11.9. The Balaban J connectivity index is 2.39. The van der Waals surface area contributed by atoms with Crippen LogP contribution in [0.3, 0.4) is 0 Å². The van der Waals surface area contributed by atoms with Crippen LogP contribution in [0.25, 0.3) is 0 Å². The van der Waals surface area contributed by atoms with Gasteiger partial charge in [-0.1, -0.05) is 50.5 Å². The first-order valence-electron chi connectivity index (χ1n) is 9.02. The number of aliphatic hydroxyl groups excluding tert-OH is 1. The number of carbonyl (C=O) groups excluding carboxylic acids is 1. The van der Waals surface area contributed by atoms with E-state index in [1.165, 1.54) is 0 Å².